The van der Waals surface area contributed by atoms with Crippen LogP contribution < -0.4 is 5.32 Å². The molecule has 3 rings (SSSR count). The molecule has 0 aliphatic rings. The number of rotatable bonds is 5. The number of hydrogen-bond acceptors (Lipinski definition) is 5. The fourth-order valence-corrected chi connectivity index (χ4v) is 3.61. The van der Waals surface area contributed by atoms with Crippen LogP contribution in [-0.4, -0.2) is 20.7 Å². The Morgan fingerprint density at radius 2 is 2.27 bits per heavy atom. The molecule has 0 bridgehead atoms. The van der Waals surface area contributed by atoms with Crippen molar-refractivity contribution in [2.24, 2.45) is 0 Å². The molecule has 3 aromatic heterocycles. The number of nitrogens with one attached hydrogen (secondary N) is 1. The highest BCUT2D eigenvalue weighted by Gasteiger charge is 2.14. The highest BCUT2D eigenvalue weighted by Crippen LogP contribution is 2.29. The van der Waals surface area contributed by atoms with Gasteiger partial charge in [0.2, 0.25) is 11.0 Å². The van der Waals surface area contributed by atoms with E-state index in [1.54, 1.807) is 16.0 Å². The van der Waals surface area contributed by atoms with Crippen molar-refractivity contribution in [1.29, 1.82) is 0 Å². The number of thiazole rings is 1. The number of carbonyl (C=O) groups excluding carboxylic acids is 1. The summed E-state index contributed by atoms with van der Waals surface area (Å²) < 4.78 is 1.70. The smallest absolute Gasteiger partial charge is 0.225 e. The summed E-state index contributed by atoms with van der Waals surface area (Å²) in [6, 6.07) is 5.91. The molecule has 1 N–H and O–H groups in total. The summed E-state index contributed by atoms with van der Waals surface area (Å²) in [5.41, 5.74) is 1.79. The molecule has 0 saturated carbocycles. The van der Waals surface area contributed by atoms with Gasteiger partial charge in [-0.15, -0.1) is 22.7 Å². The van der Waals surface area contributed by atoms with Crippen LogP contribution in [0.25, 0.3) is 15.7 Å². The van der Waals surface area contributed by atoms with Crippen molar-refractivity contribution in [2.75, 3.05) is 5.32 Å². The predicted molar refractivity (Wildman–Crippen MR) is 90.8 cm³/mol. The van der Waals surface area contributed by atoms with Crippen molar-refractivity contribution < 1.29 is 4.79 Å². The van der Waals surface area contributed by atoms with E-state index in [1.807, 2.05) is 42.8 Å². The fourth-order valence-electron chi connectivity index (χ4n) is 2.07. The van der Waals surface area contributed by atoms with Gasteiger partial charge in [0, 0.05) is 17.9 Å². The Bertz CT molecular complexity index is 773. The van der Waals surface area contributed by atoms with E-state index >= 15 is 0 Å². The van der Waals surface area contributed by atoms with E-state index in [0.29, 0.717) is 12.2 Å². The summed E-state index contributed by atoms with van der Waals surface area (Å²) in [6.45, 7) is 3.88. The average molecular weight is 332 g/mol. The molecule has 0 aliphatic heterocycles. The molecule has 0 saturated heterocycles. The summed E-state index contributed by atoms with van der Waals surface area (Å²) in [4.78, 5) is 17.6. The second-order valence-electron chi connectivity index (χ2n) is 4.87. The molecular formula is C15H16N4OS2. The van der Waals surface area contributed by atoms with E-state index in [4.69, 9.17) is 0 Å². The lowest BCUT2D eigenvalue weighted by molar-refractivity contribution is -0.116. The third kappa shape index (κ3) is 3.10. The van der Waals surface area contributed by atoms with Crippen LogP contribution in [-0.2, 0) is 4.79 Å². The van der Waals surface area contributed by atoms with Gasteiger partial charge >= 0.3 is 0 Å². The van der Waals surface area contributed by atoms with Crippen LogP contribution in [0.5, 0.6) is 0 Å². The van der Waals surface area contributed by atoms with Crippen LogP contribution >= 0.6 is 22.7 Å². The first-order valence-electron chi connectivity index (χ1n) is 7.03. The second-order valence-corrected chi connectivity index (χ2v) is 6.66. The van der Waals surface area contributed by atoms with Crippen LogP contribution in [0, 0.1) is 6.92 Å². The first kappa shape index (κ1) is 14.9. The molecule has 0 radical (unpaired) electrons. The van der Waals surface area contributed by atoms with Gasteiger partial charge < -0.3 is 5.32 Å². The van der Waals surface area contributed by atoms with Gasteiger partial charge in [-0.25, -0.2) is 4.98 Å². The zero-order valence-electron chi connectivity index (χ0n) is 12.4. The Kier molecular flexibility index (Phi) is 4.35. The molecule has 0 unspecified atom stereocenters. The molecule has 0 spiro atoms. The lowest BCUT2D eigenvalue weighted by Crippen LogP contribution is -2.14. The van der Waals surface area contributed by atoms with Gasteiger partial charge in [-0.1, -0.05) is 13.0 Å². The van der Waals surface area contributed by atoms with Crippen LogP contribution in [0.2, 0.25) is 0 Å². The molecule has 3 aromatic rings. The Balaban J connectivity index is 1.90. The van der Waals surface area contributed by atoms with Crippen LogP contribution in [0.4, 0.5) is 5.82 Å². The molecule has 0 atom stereocenters. The number of nitrogens with zero attached hydrogens (tertiary/aromatic N) is 3. The average Bonchev–Trinajstić information content (AvgIpc) is 3.18. The molecular weight excluding hydrogens is 316 g/mol. The number of amides is 1. The van der Waals surface area contributed by atoms with Gasteiger partial charge in [-0.2, -0.15) is 9.78 Å². The van der Waals surface area contributed by atoms with Gasteiger partial charge in [0.1, 0.15) is 5.82 Å². The van der Waals surface area contributed by atoms with Crippen molar-refractivity contribution in [3.05, 3.63) is 34.7 Å². The number of aromatic nitrogens is 3. The molecule has 7 heteroatoms. The minimum atomic E-state index is -0.00122. The first-order chi connectivity index (χ1) is 10.7. The Hall–Kier alpha value is -1.99. The van der Waals surface area contributed by atoms with Crippen molar-refractivity contribution in [2.45, 2.75) is 26.7 Å². The Morgan fingerprint density at radius 1 is 1.41 bits per heavy atom. The SMILES string of the molecule is CCCC(=O)Nc1cc(C)nn1-c1nc(-c2cccs2)cs1. The Morgan fingerprint density at radius 3 is 3.00 bits per heavy atom. The van der Waals surface area contributed by atoms with Gasteiger partial charge in [-0.05, 0) is 24.8 Å². The maximum atomic E-state index is 11.8. The number of aryl methyl sites for hydroxylation is 1. The normalized spacial score (nSPS) is 10.8. The van der Waals surface area contributed by atoms with Crippen LogP contribution in [0.15, 0.2) is 29.0 Å². The van der Waals surface area contributed by atoms with Crippen LogP contribution in [0.3, 0.4) is 0 Å². The zero-order valence-corrected chi connectivity index (χ0v) is 14.0. The standard InChI is InChI=1S/C15H16N4OS2/c1-3-5-14(20)17-13-8-10(2)18-19(13)15-16-11(9-22-15)12-6-4-7-21-12/h4,6-9H,3,5H2,1-2H3,(H,17,20). The van der Waals surface area contributed by atoms with Gasteiger partial charge in [0.05, 0.1) is 16.3 Å². The largest absolute Gasteiger partial charge is 0.311 e. The molecule has 114 valence electrons. The fraction of sp³-hybridized carbons (Fsp3) is 0.267. The third-order valence-corrected chi connectivity index (χ3v) is 4.73. The van der Waals surface area contributed by atoms with E-state index in [2.05, 4.69) is 15.4 Å². The van der Waals surface area contributed by atoms with Gasteiger partial charge in [0.25, 0.3) is 0 Å². The predicted octanol–water partition coefficient (Wildman–Crippen LogP) is 4.10. The molecule has 0 fully saturated rings. The Labute approximate surface area is 136 Å². The summed E-state index contributed by atoms with van der Waals surface area (Å²) in [7, 11) is 0. The molecule has 1 amide bonds. The van der Waals surface area contributed by atoms with E-state index in [9.17, 15) is 4.79 Å². The molecule has 3 heterocycles. The lowest BCUT2D eigenvalue weighted by atomic mass is 10.3. The maximum Gasteiger partial charge on any atom is 0.225 e. The quantitative estimate of drug-likeness (QED) is 0.765. The molecule has 0 aromatic carbocycles. The van der Waals surface area contributed by atoms with E-state index in [0.717, 1.165) is 27.8 Å². The molecule has 0 aliphatic carbocycles. The van der Waals surface area contributed by atoms with Crippen molar-refractivity contribution in [3.63, 3.8) is 0 Å². The first-order valence-corrected chi connectivity index (χ1v) is 8.79. The van der Waals surface area contributed by atoms with Crippen molar-refractivity contribution in [3.8, 4) is 15.7 Å². The second kappa shape index (κ2) is 6.41. The molecule has 5 nitrogen and oxygen atoms in total. The summed E-state index contributed by atoms with van der Waals surface area (Å²) in [5.74, 6) is 0.668. The molecule has 22 heavy (non-hydrogen) atoms. The number of carbonyl (C=O) groups is 1. The topological polar surface area (TPSA) is 59.8 Å². The van der Waals surface area contributed by atoms with Crippen molar-refractivity contribution >= 4 is 34.4 Å². The summed E-state index contributed by atoms with van der Waals surface area (Å²) >= 11 is 3.17. The number of thiophene rings is 1. The monoisotopic (exact) mass is 332 g/mol. The highest BCUT2D eigenvalue weighted by molar-refractivity contribution is 7.15. The van der Waals surface area contributed by atoms with Gasteiger partial charge in [0.15, 0.2) is 0 Å². The number of hydrogen-bond donors (Lipinski definition) is 1. The van der Waals surface area contributed by atoms with Gasteiger partial charge in [-0.3, -0.25) is 4.79 Å². The summed E-state index contributed by atoms with van der Waals surface area (Å²) in [6.07, 6.45) is 1.32. The van der Waals surface area contributed by atoms with Crippen LogP contribution in [0.1, 0.15) is 25.5 Å². The van der Waals surface area contributed by atoms with E-state index in [1.165, 1.54) is 11.3 Å². The zero-order chi connectivity index (χ0) is 15.5. The minimum Gasteiger partial charge on any atom is -0.311 e. The maximum absolute atomic E-state index is 11.8. The van der Waals surface area contributed by atoms with E-state index < -0.39 is 0 Å². The highest BCUT2D eigenvalue weighted by atomic mass is 32.1. The minimum absolute atomic E-state index is 0.00122. The summed E-state index contributed by atoms with van der Waals surface area (Å²) in [5, 5.41) is 12.1. The lowest BCUT2D eigenvalue weighted by Gasteiger charge is -2.05. The number of anilines is 1. The van der Waals surface area contributed by atoms with E-state index in [-0.39, 0.29) is 5.91 Å². The third-order valence-electron chi connectivity index (χ3n) is 3.02. The van der Waals surface area contributed by atoms with Crippen molar-refractivity contribution in [1.82, 2.24) is 14.8 Å².